The number of hydrogen-bond donors (Lipinski definition) is 1. The second-order valence-electron chi connectivity index (χ2n) is 4.07. The normalized spacial score (nSPS) is 21.1. The molecule has 0 radical (unpaired) electrons. The van der Waals surface area contributed by atoms with Gasteiger partial charge in [0.2, 0.25) is 5.91 Å². The van der Waals surface area contributed by atoms with E-state index in [2.05, 4.69) is 0 Å². The Morgan fingerprint density at radius 1 is 1.57 bits per heavy atom. The predicted molar refractivity (Wildman–Crippen MR) is 54.8 cm³/mol. The highest BCUT2D eigenvalue weighted by Gasteiger charge is 2.20. The third-order valence-corrected chi connectivity index (χ3v) is 2.96. The fraction of sp³-hybridized carbons (Fsp3) is 0.900. The average Bonchev–Trinajstić information content (AvgIpc) is 2.18. The van der Waals surface area contributed by atoms with E-state index in [1.54, 1.807) is 0 Å². The van der Waals surface area contributed by atoms with Gasteiger partial charge in [-0.15, -0.1) is 0 Å². The minimum absolute atomic E-state index is 0.169. The highest BCUT2D eigenvalue weighted by atomic mass is 16.5. The van der Waals surface area contributed by atoms with Gasteiger partial charge in [-0.1, -0.05) is 0 Å². The molecule has 1 unspecified atom stereocenters. The maximum Gasteiger partial charge on any atom is 0.234 e. The number of nitrogens with two attached hydrogens (primary N) is 1. The predicted octanol–water partition coefficient (Wildman–Crippen LogP) is 0.219. The summed E-state index contributed by atoms with van der Waals surface area (Å²) in [7, 11) is 1.95. The number of ether oxygens (including phenoxy) is 1. The molecular weight excluding hydrogens is 180 g/mol. The summed E-state index contributed by atoms with van der Waals surface area (Å²) in [6.45, 7) is 4.49. The van der Waals surface area contributed by atoms with Crippen molar-refractivity contribution in [3.63, 3.8) is 0 Å². The molecule has 82 valence electrons. The topological polar surface area (TPSA) is 55.6 Å². The Hall–Kier alpha value is -0.610. The van der Waals surface area contributed by atoms with Crippen LogP contribution in [0.15, 0.2) is 0 Å². The molecule has 1 saturated heterocycles. The van der Waals surface area contributed by atoms with Crippen molar-refractivity contribution in [2.24, 2.45) is 11.7 Å². The van der Waals surface area contributed by atoms with Crippen molar-refractivity contribution in [2.45, 2.75) is 25.8 Å². The number of amides is 1. The summed E-state index contributed by atoms with van der Waals surface area (Å²) in [4.78, 5) is 13.0. The SMILES string of the molecule is CC(C(N)=O)N(C)CC1CCOCC1. The summed E-state index contributed by atoms with van der Waals surface area (Å²) >= 11 is 0. The lowest BCUT2D eigenvalue weighted by atomic mass is 9.99. The van der Waals surface area contributed by atoms with Crippen molar-refractivity contribution in [3.05, 3.63) is 0 Å². The molecule has 1 heterocycles. The second kappa shape index (κ2) is 5.32. The number of nitrogens with zero attached hydrogens (tertiary/aromatic N) is 1. The molecule has 0 bridgehead atoms. The first-order valence-electron chi connectivity index (χ1n) is 5.18. The van der Waals surface area contributed by atoms with E-state index in [9.17, 15) is 4.79 Å². The van der Waals surface area contributed by atoms with Crippen molar-refractivity contribution in [1.29, 1.82) is 0 Å². The molecule has 0 aromatic rings. The van der Waals surface area contributed by atoms with Gasteiger partial charge >= 0.3 is 0 Å². The second-order valence-corrected chi connectivity index (χ2v) is 4.07. The van der Waals surface area contributed by atoms with Crippen LogP contribution in [0.4, 0.5) is 0 Å². The maximum atomic E-state index is 10.9. The standard InChI is InChI=1S/C10H20N2O2/c1-8(10(11)13)12(2)7-9-3-5-14-6-4-9/h8-9H,3-7H2,1-2H3,(H2,11,13). The van der Waals surface area contributed by atoms with Crippen molar-refractivity contribution >= 4 is 5.91 Å². The van der Waals surface area contributed by atoms with Gasteiger partial charge in [0.05, 0.1) is 6.04 Å². The number of carbonyl (C=O) groups excluding carboxylic acids is 1. The summed E-state index contributed by atoms with van der Waals surface area (Å²) in [5.41, 5.74) is 5.24. The first-order valence-corrected chi connectivity index (χ1v) is 5.18. The van der Waals surface area contributed by atoms with Gasteiger partial charge in [-0.05, 0) is 32.7 Å². The lowest BCUT2D eigenvalue weighted by Crippen LogP contribution is -2.43. The Kier molecular flexibility index (Phi) is 4.35. The van der Waals surface area contributed by atoms with E-state index in [1.807, 2.05) is 18.9 Å². The molecule has 0 saturated carbocycles. The van der Waals surface area contributed by atoms with Crippen LogP contribution in [0.2, 0.25) is 0 Å². The van der Waals surface area contributed by atoms with Gasteiger partial charge < -0.3 is 10.5 Å². The molecule has 4 heteroatoms. The van der Waals surface area contributed by atoms with E-state index < -0.39 is 0 Å². The maximum absolute atomic E-state index is 10.9. The van der Waals surface area contributed by atoms with Crippen LogP contribution in [0.5, 0.6) is 0 Å². The van der Waals surface area contributed by atoms with E-state index in [0.29, 0.717) is 5.92 Å². The van der Waals surface area contributed by atoms with Crippen LogP contribution in [-0.4, -0.2) is 43.7 Å². The molecule has 1 aliphatic heterocycles. The zero-order valence-electron chi connectivity index (χ0n) is 9.03. The van der Waals surface area contributed by atoms with E-state index >= 15 is 0 Å². The number of carbonyl (C=O) groups is 1. The van der Waals surface area contributed by atoms with Crippen LogP contribution in [0, 0.1) is 5.92 Å². The number of primary amides is 1. The minimum Gasteiger partial charge on any atom is -0.381 e. The lowest BCUT2D eigenvalue weighted by Gasteiger charge is -2.29. The van der Waals surface area contributed by atoms with Crippen molar-refractivity contribution in [1.82, 2.24) is 4.90 Å². The number of likely N-dealkylation sites (N-methyl/N-ethyl adjacent to an activating group) is 1. The fourth-order valence-electron chi connectivity index (χ4n) is 1.71. The minimum atomic E-state index is -0.250. The van der Waals surface area contributed by atoms with Crippen LogP contribution in [-0.2, 0) is 9.53 Å². The molecule has 0 aromatic carbocycles. The molecule has 14 heavy (non-hydrogen) atoms. The number of hydrogen-bond acceptors (Lipinski definition) is 3. The number of rotatable bonds is 4. The van der Waals surface area contributed by atoms with Gasteiger partial charge in [0.1, 0.15) is 0 Å². The summed E-state index contributed by atoms with van der Waals surface area (Å²) in [5.74, 6) is 0.398. The van der Waals surface area contributed by atoms with E-state index in [1.165, 1.54) is 0 Å². The molecule has 4 nitrogen and oxygen atoms in total. The third kappa shape index (κ3) is 3.27. The summed E-state index contributed by atoms with van der Waals surface area (Å²) in [6, 6.07) is -0.169. The Labute approximate surface area is 85.4 Å². The van der Waals surface area contributed by atoms with E-state index in [4.69, 9.17) is 10.5 Å². The smallest absolute Gasteiger partial charge is 0.234 e. The summed E-state index contributed by atoms with van der Waals surface area (Å²) < 4.78 is 5.28. The molecule has 1 aliphatic rings. The Morgan fingerprint density at radius 2 is 2.14 bits per heavy atom. The van der Waals surface area contributed by atoms with Crippen molar-refractivity contribution < 1.29 is 9.53 Å². The molecule has 1 rings (SSSR count). The quantitative estimate of drug-likeness (QED) is 0.706. The first kappa shape index (κ1) is 11.5. The molecule has 2 N–H and O–H groups in total. The van der Waals surface area contributed by atoms with Gasteiger partial charge in [-0.25, -0.2) is 0 Å². The largest absolute Gasteiger partial charge is 0.381 e. The third-order valence-electron chi connectivity index (χ3n) is 2.96. The lowest BCUT2D eigenvalue weighted by molar-refractivity contribution is -0.122. The Balaban J connectivity index is 2.31. The zero-order valence-corrected chi connectivity index (χ0v) is 9.03. The van der Waals surface area contributed by atoms with Gasteiger partial charge in [0, 0.05) is 19.8 Å². The molecule has 1 amide bonds. The van der Waals surface area contributed by atoms with Gasteiger partial charge in [-0.3, -0.25) is 9.69 Å². The van der Waals surface area contributed by atoms with Gasteiger partial charge in [0.25, 0.3) is 0 Å². The fourth-order valence-corrected chi connectivity index (χ4v) is 1.71. The molecule has 0 aliphatic carbocycles. The van der Waals surface area contributed by atoms with Crippen molar-refractivity contribution in [3.8, 4) is 0 Å². The Bertz CT molecular complexity index is 191. The molecule has 1 fully saturated rings. The highest BCUT2D eigenvalue weighted by molar-refractivity contribution is 5.79. The van der Waals surface area contributed by atoms with Gasteiger partial charge in [-0.2, -0.15) is 0 Å². The summed E-state index contributed by atoms with van der Waals surface area (Å²) in [5, 5.41) is 0. The van der Waals surface area contributed by atoms with Gasteiger partial charge in [0.15, 0.2) is 0 Å². The Morgan fingerprint density at radius 3 is 2.64 bits per heavy atom. The van der Waals surface area contributed by atoms with E-state index in [-0.39, 0.29) is 11.9 Å². The molecular formula is C10H20N2O2. The van der Waals surface area contributed by atoms with Crippen LogP contribution in [0.1, 0.15) is 19.8 Å². The molecule has 0 aromatic heterocycles. The van der Waals surface area contributed by atoms with E-state index in [0.717, 1.165) is 32.6 Å². The van der Waals surface area contributed by atoms with Crippen LogP contribution < -0.4 is 5.73 Å². The van der Waals surface area contributed by atoms with Crippen LogP contribution in [0.25, 0.3) is 0 Å². The van der Waals surface area contributed by atoms with Crippen molar-refractivity contribution in [2.75, 3.05) is 26.8 Å². The molecule has 1 atom stereocenters. The monoisotopic (exact) mass is 200 g/mol. The first-order chi connectivity index (χ1) is 6.61. The van der Waals surface area contributed by atoms with Crippen LogP contribution in [0.3, 0.4) is 0 Å². The zero-order chi connectivity index (χ0) is 10.6. The average molecular weight is 200 g/mol. The highest BCUT2D eigenvalue weighted by Crippen LogP contribution is 2.16. The van der Waals surface area contributed by atoms with Crippen LogP contribution >= 0.6 is 0 Å². The molecule has 0 spiro atoms. The summed E-state index contributed by atoms with van der Waals surface area (Å²) in [6.07, 6.45) is 2.19.